The number of aryl methyl sites for hydroxylation is 2. The maximum Gasteiger partial charge on any atom is 0.278 e. The number of aromatic nitrogens is 4. The molecule has 1 aliphatic rings. The molecule has 2 aromatic heterocycles. The molecule has 1 aliphatic heterocycles. The Labute approximate surface area is 190 Å². The summed E-state index contributed by atoms with van der Waals surface area (Å²) in [6.07, 6.45) is 3.22. The quantitative estimate of drug-likeness (QED) is 0.414. The molecule has 0 spiro atoms. The number of fused-ring (bicyclic) bond motifs is 1. The monoisotopic (exact) mass is 496 g/mol. The van der Waals surface area contributed by atoms with Crippen LogP contribution in [-0.4, -0.2) is 19.5 Å². The fourth-order valence-corrected chi connectivity index (χ4v) is 4.63. The van der Waals surface area contributed by atoms with Gasteiger partial charge in [0.1, 0.15) is 6.26 Å². The van der Waals surface area contributed by atoms with Gasteiger partial charge in [0.25, 0.3) is 11.8 Å². The van der Waals surface area contributed by atoms with Crippen molar-refractivity contribution in [3.8, 4) is 0 Å². The molecule has 156 valence electrons. The van der Waals surface area contributed by atoms with Gasteiger partial charge in [0.05, 0.1) is 6.33 Å². The van der Waals surface area contributed by atoms with Crippen LogP contribution in [0.15, 0.2) is 86.7 Å². The zero-order chi connectivity index (χ0) is 21.2. The highest BCUT2D eigenvalue weighted by atomic mass is 79.9. The summed E-state index contributed by atoms with van der Waals surface area (Å²) in [5.74, 6) is 0. The summed E-state index contributed by atoms with van der Waals surface area (Å²) >= 11 is 4.84. The number of benzene rings is 2. The number of rotatable bonds is 6. The number of thioether (sulfide) groups is 1. The van der Waals surface area contributed by atoms with E-state index in [2.05, 4.69) is 43.0 Å². The van der Waals surface area contributed by atoms with E-state index in [1.54, 1.807) is 6.26 Å². The first-order valence-electron chi connectivity index (χ1n) is 9.61. The predicted molar refractivity (Wildman–Crippen MR) is 121 cm³/mol. The van der Waals surface area contributed by atoms with E-state index in [1.807, 2.05) is 47.0 Å². The van der Waals surface area contributed by atoms with Crippen molar-refractivity contribution in [3.63, 3.8) is 0 Å². The third-order valence-electron chi connectivity index (χ3n) is 4.83. The number of hydrogen-bond acceptors (Lipinski definition) is 6. The highest BCUT2D eigenvalue weighted by molar-refractivity contribution is 9.10. The van der Waals surface area contributed by atoms with Gasteiger partial charge in [0, 0.05) is 16.6 Å². The van der Waals surface area contributed by atoms with E-state index in [0.29, 0.717) is 28.0 Å². The Morgan fingerprint density at radius 2 is 1.94 bits per heavy atom. The smallest absolute Gasteiger partial charge is 0.278 e. The van der Waals surface area contributed by atoms with Gasteiger partial charge in [0.2, 0.25) is 5.09 Å². The molecule has 0 aliphatic carbocycles. The Balaban J connectivity index is 1.41. The minimum atomic E-state index is -0.540. The maximum absolute atomic E-state index is 12.3. The summed E-state index contributed by atoms with van der Waals surface area (Å²) in [5.41, 5.74) is 2.67. The Morgan fingerprint density at radius 3 is 2.77 bits per heavy atom. The van der Waals surface area contributed by atoms with Gasteiger partial charge in [-0.2, -0.15) is 0 Å². The van der Waals surface area contributed by atoms with Gasteiger partial charge in [-0.1, -0.05) is 64.5 Å². The van der Waals surface area contributed by atoms with Crippen molar-refractivity contribution < 1.29 is 9.47 Å². The fraction of sp³-hybridized carbons (Fsp3) is 0.136. The zero-order valence-electron chi connectivity index (χ0n) is 16.2. The minimum absolute atomic E-state index is 0.269. The topological polar surface area (TPSA) is 82.0 Å². The lowest BCUT2D eigenvalue weighted by molar-refractivity contribution is -0.0278. The number of hydrogen-bond donors (Lipinski definition) is 1. The summed E-state index contributed by atoms with van der Waals surface area (Å²) in [4.78, 5) is 23.8. The minimum Gasteiger partial charge on any atom is -0.454 e. The summed E-state index contributed by atoms with van der Waals surface area (Å²) in [7, 11) is 0. The Bertz CT molecular complexity index is 1320. The van der Waals surface area contributed by atoms with Crippen LogP contribution >= 0.6 is 27.7 Å². The highest BCUT2D eigenvalue weighted by Gasteiger charge is 2.26. The highest BCUT2D eigenvalue weighted by Crippen LogP contribution is 2.39. The van der Waals surface area contributed by atoms with Crippen LogP contribution in [-0.2, 0) is 22.4 Å². The summed E-state index contributed by atoms with van der Waals surface area (Å²) in [6.45, 7) is 0.626. The first-order valence-corrected chi connectivity index (χ1v) is 11.2. The molecule has 31 heavy (non-hydrogen) atoms. The van der Waals surface area contributed by atoms with Crippen LogP contribution in [0.4, 0.5) is 0 Å². The van der Waals surface area contributed by atoms with Gasteiger partial charge in [-0.3, -0.25) is 4.79 Å². The predicted octanol–water partition coefficient (Wildman–Crippen LogP) is 4.76. The fourth-order valence-electron chi connectivity index (χ4n) is 3.31. The molecule has 7 nitrogen and oxygen atoms in total. The van der Waals surface area contributed by atoms with E-state index >= 15 is 0 Å². The van der Waals surface area contributed by atoms with Crippen molar-refractivity contribution in [1.29, 1.82) is 0 Å². The van der Waals surface area contributed by atoms with E-state index in [4.69, 9.17) is 9.47 Å². The summed E-state index contributed by atoms with van der Waals surface area (Å²) < 4.78 is 14.6. The van der Waals surface area contributed by atoms with Crippen LogP contribution in [0.5, 0.6) is 0 Å². The number of aromatic amines is 1. The molecule has 1 unspecified atom stereocenters. The van der Waals surface area contributed by atoms with Gasteiger partial charge in [0.15, 0.2) is 16.3 Å². The van der Waals surface area contributed by atoms with E-state index in [9.17, 15) is 4.79 Å². The number of nitrogens with zero attached hydrogens (tertiary/aromatic N) is 3. The molecule has 1 atom stereocenters. The number of ether oxygens (including phenoxy) is 2. The molecule has 0 saturated carbocycles. The van der Waals surface area contributed by atoms with Gasteiger partial charge >= 0.3 is 0 Å². The van der Waals surface area contributed by atoms with Gasteiger partial charge < -0.3 is 19.0 Å². The van der Waals surface area contributed by atoms with E-state index in [-0.39, 0.29) is 5.56 Å². The lowest BCUT2D eigenvalue weighted by Crippen LogP contribution is -2.08. The summed E-state index contributed by atoms with van der Waals surface area (Å²) in [5, 5.41) is 1.19. The number of nitrogens with one attached hydrogen (secondary N) is 1. The summed E-state index contributed by atoms with van der Waals surface area (Å²) in [6, 6.07) is 17.9. The molecule has 9 heteroatoms. The molecule has 1 N–H and O–H groups in total. The van der Waals surface area contributed by atoms with Crippen LogP contribution in [0.2, 0.25) is 0 Å². The molecule has 5 rings (SSSR count). The molecule has 0 radical (unpaired) electrons. The van der Waals surface area contributed by atoms with Crippen LogP contribution in [0.1, 0.15) is 17.4 Å². The molecule has 0 amide bonds. The molecule has 4 aromatic rings. The van der Waals surface area contributed by atoms with Gasteiger partial charge in [-0.25, -0.2) is 9.97 Å². The molecule has 0 saturated heterocycles. The van der Waals surface area contributed by atoms with Crippen LogP contribution in [0, 0.1) is 0 Å². The second kappa shape index (κ2) is 8.60. The van der Waals surface area contributed by atoms with Crippen LogP contribution in [0.3, 0.4) is 0 Å². The van der Waals surface area contributed by atoms with Crippen molar-refractivity contribution in [1.82, 2.24) is 19.5 Å². The van der Waals surface area contributed by atoms with E-state index in [1.165, 1.54) is 23.7 Å². The van der Waals surface area contributed by atoms with Crippen LogP contribution in [0.25, 0.3) is 11.2 Å². The van der Waals surface area contributed by atoms with Gasteiger partial charge in [-0.15, -0.1) is 0 Å². The Morgan fingerprint density at radius 1 is 1.13 bits per heavy atom. The molecule has 0 fully saturated rings. The normalized spacial score (nSPS) is 15.5. The lowest BCUT2D eigenvalue weighted by Gasteiger charge is -2.13. The SMILES string of the molecule is O=c1[nH]cnc2c1nc(SC1=COC(c3ccccc3Br)O1)n2CCc1ccccc1. The number of H-pyrrole nitrogens is 1. The average molecular weight is 497 g/mol. The first kappa shape index (κ1) is 19.9. The first-order chi connectivity index (χ1) is 15.2. The second-order valence-electron chi connectivity index (χ2n) is 6.83. The van der Waals surface area contributed by atoms with Crippen molar-refractivity contribution in [3.05, 3.63) is 98.2 Å². The van der Waals surface area contributed by atoms with Crippen molar-refractivity contribution in [2.45, 2.75) is 24.4 Å². The largest absolute Gasteiger partial charge is 0.454 e. The molecule has 0 bridgehead atoms. The van der Waals surface area contributed by atoms with E-state index in [0.717, 1.165) is 16.5 Å². The van der Waals surface area contributed by atoms with E-state index < -0.39 is 6.29 Å². The van der Waals surface area contributed by atoms with Crippen molar-refractivity contribution >= 4 is 38.9 Å². The molecular weight excluding hydrogens is 480 g/mol. The standard InChI is InChI=1S/C22H17BrN4O3S/c23-16-9-5-4-8-15(16)21-29-12-17(30-21)31-22-26-18-19(24-13-25-20(18)28)27(22)11-10-14-6-2-1-3-7-14/h1-9,12-13,21H,10-11H2,(H,24,25,28). The molecule has 3 heterocycles. The Hall–Kier alpha value is -3.04. The molecular formula is C22H17BrN4O3S. The maximum atomic E-state index is 12.3. The van der Waals surface area contributed by atoms with Crippen molar-refractivity contribution in [2.24, 2.45) is 0 Å². The zero-order valence-corrected chi connectivity index (χ0v) is 18.6. The third kappa shape index (κ3) is 4.11. The van der Waals surface area contributed by atoms with Crippen molar-refractivity contribution in [2.75, 3.05) is 0 Å². The molecule has 2 aromatic carbocycles. The van der Waals surface area contributed by atoms with Crippen LogP contribution < -0.4 is 5.56 Å². The average Bonchev–Trinajstić information content (AvgIpc) is 3.39. The van der Waals surface area contributed by atoms with Gasteiger partial charge in [-0.05, 0) is 29.8 Å². The lowest BCUT2D eigenvalue weighted by atomic mass is 10.1. The third-order valence-corrected chi connectivity index (χ3v) is 6.44. The Kier molecular flexibility index (Phi) is 5.52. The second-order valence-corrected chi connectivity index (χ2v) is 8.66. The number of halogens is 1. The number of imidazole rings is 1.